The number of aryl methyl sites for hydroxylation is 1. The van der Waals surface area contributed by atoms with Crippen LogP contribution in [0.2, 0.25) is 0 Å². The Morgan fingerprint density at radius 2 is 2.04 bits per heavy atom. The van der Waals surface area contributed by atoms with Gasteiger partial charge in [-0.05, 0) is 5.56 Å². The molecule has 0 amide bonds. The average Bonchev–Trinajstić information content (AvgIpc) is 3.00. The fourth-order valence-electron chi connectivity index (χ4n) is 2.46. The van der Waals surface area contributed by atoms with Crippen molar-refractivity contribution in [2.24, 2.45) is 7.05 Å². The summed E-state index contributed by atoms with van der Waals surface area (Å²) in [6.07, 6.45) is 5.42. The van der Waals surface area contributed by atoms with Gasteiger partial charge in [-0.3, -0.25) is 4.68 Å². The minimum atomic E-state index is -3.53. The highest BCUT2D eigenvalue weighted by Crippen LogP contribution is 2.21. The van der Waals surface area contributed by atoms with E-state index in [1.165, 1.54) is 0 Å². The van der Waals surface area contributed by atoms with E-state index in [1.54, 1.807) is 16.9 Å². The first kappa shape index (κ1) is 17.6. The maximum absolute atomic E-state index is 11.9. The Morgan fingerprint density at radius 3 is 2.68 bits per heavy atom. The molecule has 1 fully saturated rings. The van der Waals surface area contributed by atoms with Gasteiger partial charge >= 0.3 is 0 Å². The summed E-state index contributed by atoms with van der Waals surface area (Å²) in [6, 6.07) is 1.67. The Labute approximate surface area is 146 Å². The predicted octanol–water partition coefficient (Wildman–Crippen LogP) is 0.0717. The molecular weight excluding hydrogens is 346 g/mol. The van der Waals surface area contributed by atoms with Crippen LogP contribution in [0, 0.1) is 0 Å². The number of ether oxygens (including phenoxy) is 2. The van der Waals surface area contributed by atoms with Crippen molar-refractivity contribution >= 4 is 15.7 Å². The van der Waals surface area contributed by atoms with Crippen LogP contribution in [0.5, 0.6) is 5.88 Å². The molecule has 0 aromatic carbocycles. The van der Waals surface area contributed by atoms with Crippen molar-refractivity contribution in [2.75, 3.05) is 44.1 Å². The predicted molar refractivity (Wildman–Crippen MR) is 90.6 cm³/mol. The van der Waals surface area contributed by atoms with Gasteiger partial charge in [-0.15, -0.1) is 0 Å². The van der Waals surface area contributed by atoms with E-state index in [-0.39, 0.29) is 11.0 Å². The van der Waals surface area contributed by atoms with Crippen LogP contribution in [-0.2, 0) is 28.0 Å². The van der Waals surface area contributed by atoms with Crippen molar-refractivity contribution in [2.45, 2.75) is 11.6 Å². The summed E-state index contributed by atoms with van der Waals surface area (Å²) in [5.74, 6) is 0.788. The first-order chi connectivity index (χ1) is 11.9. The maximum atomic E-state index is 11.9. The first-order valence-corrected chi connectivity index (χ1v) is 9.83. The van der Waals surface area contributed by atoms with Crippen LogP contribution in [0.4, 0.5) is 5.82 Å². The fourth-order valence-corrected chi connectivity index (χ4v) is 2.98. The largest absolute Gasteiger partial charge is 0.477 e. The van der Waals surface area contributed by atoms with E-state index >= 15 is 0 Å². The van der Waals surface area contributed by atoms with Gasteiger partial charge in [-0.25, -0.2) is 13.4 Å². The van der Waals surface area contributed by atoms with Crippen molar-refractivity contribution < 1.29 is 17.9 Å². The van der Waals surface area contributed by atoms with Gasteiger partial charge in [0.15, 0.2) is 0 Å². The summed E-state index contributed by atoms with van der Waals surface area (Å²) in [5, 5.41) is 3.87. The van der Waals surface area contributed by atoms with Crippen LogP contribution in [0.3, 0.4) is 0 Å². The number of hydrogen-bond acceptors (Lipinski definition) is 8. The zero-order valence-electron chi connectivity index (χ0n) is 14.3. The molecule has 3 heterocycles. The molecule has 0 aliphatic carbocycles. The van der Waals surface area contributed by atoms with Crippen molar-refractivity contribution in [3.8, 4) is 5.88 Å². The number of sulfone groups is 1. The molecule has 1 saturated heterocycles. The zero-order chi connectivity index (χ0) is 17.9. The SMILES string of the molecule is Cn1cc(CCOc2cc(N3CCOCC3)nc(S(C)(=O)=O)n2)cn1. The van der Waals surface area contributed by atoms with Crippen molar-refractivity contribution in [1.82, 2.24) is 19.7 Å². The Bertz CT molecular complexity index is 830. The minimum Gasteiger partial charge on any atom is -0.477 e. The van der Waals surface area contributed by atoms with E-state index in [9.17, 15) is 8.42 Å². The second-order valence-electron chi connectivity index (χ2n) is 5.84. The fraction of sp³-hybridized carbons (Fsp3) is 0.533. The summed E-state index contributed by atoms with van der Waals surface area (Å²) >= 11 is 0. The summed E-state index contributed by atoms with van der Waals surface area (Å²) in [5.41, 5.74) is 1.04. The van der Waals surface area contributed by atoms with Crippen LogP contribution in [0.25, 0.3) is 0 Å². The van der Waals surface area contributed by atoms with Crippen LogP contribution >= 0.6 is 0 Å². The molecule has 10 heteroatoms. The number of aromatic nitrogens is 4. The smallest absolute Gasteiger partial charge is 0.252 e. The molecule has 1 aliphatic rings. The monoisotopic (exact) mass is 367 g/mol. The molecule has 0 bridgehead atoms. The van der Waals surface area contributed by atoms with Crippen LogP contribution in [0.1, 0.15) is 5.56 Å². The molecule has 2 aromatic heterocycles. The number of anilines is 1. The molecule has 9 nitrogen and oxygen atoms in total. The number of morpholine rings is 1. The van der Waals surface area contributed by atoms with Crippen LogP contribution < -0.4 is 9.64 Å². The molecule has 3 rings (SSSR count). The number of hydrogen-bond donors (Lipinski definition) is 0. The van der Waals surface area contributed by atoms with Crippen molar-refractivity contribution in [3.63, 3.8) is 0 Å². The molecule has 0 unspecified atom stereocenters. The van der Waals surface area contributed by atoms with E-state index in [2.05, 4.69) is 15.1 Å². The molecule has 0 radical (unpaired) electrons. The number of rotatable bonds is 6. The quantitative estimate of drug-likeness (QED) is 0.662. The summed E-state index contributed by atoms with van der Waals surface area (Å²) in [4.78, 5) is 10.2. The highest BCUT2D eigenvalue weighted by Gasteiger charge is 2.19. The second kappa shape index (κ2) is 7.36. The van der Waals surface area contributed by atoms with Gasteiger partial charge in [0.25, 0.3) is 5.16 Å². The Hall–Kier alpha value is -2.20. The molecule has 0 N–H and O–H groups in total. The number of nitrogens with zero attached hydrogens (tertiary/aromatic N) is 5. The molecule has 0 saturated carbocycles. The van der Waals surface area contributed by atoms with Gasteiger partial charge in [-0.2, -0.15) is 10.1 Å². The van der Waals surface area contributed by atoms with E-state index < -0.39 is 9.84 Å². The lowest BCUT2D eigenvalue weighted by atomic mass is 10.3. The highest BCUT2D eigenvalue weighted by molar-refractivity contribution is 7.90. The lowest BCUT2D eigenvalue weighted by molar-refractivity contribution is 0.122. The van der Waals surface area contributed by atoms with E-state index in [4.69, 9.17) is 9.47 Å². The third-order valence-corrected chi connectivity index (χ3v) is 4.58. The minimum absolute atomic E-state index is 0.229. The normalized spacial score (nSPS) is 15.4. The van der Waals surface area contributed by atoms with Gasteiger partial charge < -0.3 is 14.4 Å². The second-order valence-corrected chi connectivity index (χ2v) is 7.75. The Balaban J connectivity index is 1.76. The standard InChI is InChI=1S/C15H21N5O4S/c1-19-11-12(10-16-19)3-6-24-14-9-13(20-4-7-23-8-5-20)17-15(18-14)25(2,21)22/h9-11H,3-8H2,1-2H3. The lowest BCUT2D eigenvalue weighted by Gasteiger charge is -2.28. The zero-order valence-corrected chi connectivity index (χ0v) is 15.1. The maximum Gasteiger partial charge on any atom is 0.252 e. The Kier molecular flexibility index (Phi) is 5.19. The highest BCUT2D eigenvalue weighted by atomic mass is 32.2. The molecule has 1 aliphatic heterocycles. The molecule has 0 spiro atoms. The van der Waals surface area contributed by atoms with Crippen molar-refractivity contribution in [1.29, 1.82) is 0 Å². The van der Waals surface area contributed by atoms with E-state index in [1.807, 2.05) is 18.1 Å². The van der Waals surface area contributed by atoms with Crippen LogP contribution in [0.15, 0.2) is 23.6 Å². The molecule has 136 valence electrons. The Morgan fingerprint density at radius 1 is 1.28 bits per heavy atom. The topological polar surface area (TPSA) is 99.4 Å². The van der Waals surface area contributed by atoms with Crippen LogP contribution in [-0.4, -0.2) is 67.3 Å². The van der Waals surface area contributed by atoms with Crippen molar-refractivity contribution in [3.05, 3.63) is 24.0 Å². The third kappa shape index (κ3) is 4.67. The summed E-state index contributed by atoms with van der Waals surface area (Å²) < 4.78 is 36.5. The molecule has 25 heavy (non-hydrogen) atoms. The molecule has 2 aromatic rings. The van der Waals surface area contributed by atoms with E-state index in [0.717, 1.165) is 11.8 Å². The van der Waals surface area contributed by atoms with Gasteiger partial charge in [0.1, 0.15) is 5.82 Å². The van der Waals surface area contributed by atoms with Gasteiger partial charge in [0.2, 0.25) is 15.7 Å². The van der Waals surface area contributed by atoms with E-state index in [0.29, 0.717) is 45.1 Å². The lowest BCUT2D eigenvalue weighted by Crippen LogP contribution is -2.37. The summed E-state index contributed by atoms with van der Waals surface area (Å²) in [7, 11) is -1.68. The first-order valence-electron chi connectivity index (χ1n) is 7.94. The molecule has 0 atom stereocenters. The average molecular weight is 367 g/mol. The van der Waals surface area contributed by atoms with Gasteiger partial charge in [0.05, 0.1) is 26.0 Å². The summed E-state index contributed by atoms with van der Waals surface area (Å²) in [6.45, 7) is 2.82. The van der Waals surface area contributed by atoms with Gasteiger partial charge in [0, 0.05) is 45.1 Å². The third-order valence-electron chi connectivity index (χ3n) is 3.73. The molecular formula is C15H21N5O4S. The van der Waals surface area contributed by atoms with Gasteiger partial charge in [-0.1, -0.05) is 0 Å².